The van der Waals surface area contributed by atoms with Crippen LogP contribution in [-0.2, 0) is 0 Å². The van der Waals surface area contributed by atoms with Crippen molar-refractivity contribution in [2.24, 2.45) is 0 Å². The Kier molecular flexibility index (Phi) is 4.53. The van der Waals surface area contributed by atoms with Gasteiger partial charge in [-0.1, -0.05) is 38.2 Å². The normalized spacial score (nSPS) is 17.4. The number of rotatable bonds is 2. The zero-order chi connectivity index (χ0) is 14.7. The molecule has 1 aliphatic rings. The Morgan fingerprint density at radius 1 is 1.10 bits per heavy atom. The third kappa shape index (κ3) is 3.10. The molecular formula is C15H20BrN5. The van der Waals surface area contributed by atoms with E-state index in [-0.39, 0.29) is 0 Å². The highest BCUT2D eigenvalue weighted by molar-refractivity contribution is 9.10. The predicted molar refractivity (Wildman–Crippen MR) is 86.7 cm³/mol. The van der Waals surface area contributed by atoms with Crippen molar-refractivity contribution in [3.63, 3.8) is 0 Å². The van der Waals surface area contributed by atoms with Gasteiger partial charge in [0.05, 0.1) is 10.5 Å². The van der Waals surface area contributed by atoms with Gasteiger partial charge in [0.15, 0.2) is 5.82 Å². The lowest BCUT2D eigenvalue weighted by Crippen LogP contribution is -2.14. The van der Waals surface area contributed by atoms with E-state index < -0.39 is 0 Å². The Bertz CT molecular complexity index is 602. The Hall–Kier alpha value is -1.43. The molecule has 0 amide bonds. The van der Waals surface area contributed by atoms with E-state index in [1.54, 1.807) is 0 Å². The van der Waals surface area contributed by atoms with Crippen LogP contribution < -0.4 is 5.73 Å². The fourth-order valence-corrected chi connectivity index (χ4v) is 3.46. The molecule has 2 aromatic rings. The van der Waals surface area contributed by atoms with Crippen LogP contribution in [0.5, 0.6) is 0 Å². The number of aromatic nitrogens is 4. The van der Waals surface area contributed by atoms with Crippen LogP contribution in [0.25, 0.3) is 11.4 Å². The molecule has 0 unspecified atom stereocenters. The molecule has 0 saturated heterocycles. The molecule has 5 nitrogen and oxygen atoms in total. The molecule has 1 fully saturated rings. The maximum atomic E-state index is 5.98. The van der Waals surface area contributed by atoms with E-state index in [9.17, 15) is 0 Å². The van der Waals surface area contributed by atoms with E-state index in [1.165, 1.54) is 32.1 Å². The standard InChI is InChI=1S/C15H20BrN5/c16-14-12(9-6-10-13(14)17)15-18-19-20-21(15)11-7-4-2-1-3-5-8-11/h6,9-11H,1-5,7-8,17H2. The Labute approximate surface area is 133 Å². The summed E-state index contributed by atoms with van der Waals surface area (Å²) < 4.78 is 2.86. The molecule has 1 heterocycles. The molecule has 0 bridgehead atoms. The molecule has 112 valence electrons. The number of hydrogen-bond donors (Lipinski definition) is 1. The number of nitrogens with zero attached hydrogens (tertiary/aromatic N) is 4. The van der Waals surface area contributed by atoms with Crippen LogP contribution in [0.15, 0.2) is 22.7 Å². The molecule has 3 rings (SSSR count). The molecule has 1 saturated carbocycles. The van der Waals surface area contributed by atoms with Crippen molar-refractivity contribution >= 4 is 21.6 Å². The van der Waals surface area contributed by atoms with E-state index in [2.05, 4.69) is 31.5 Å². The number of tetrazole rings is 1. The average molecular weight is 350 g/mol. The summed E-state index contributed by atoms with van der Waals surface area (Å²) in [6, 6.07) is 6.21. The van der Waals surface area contributed by atoms with Gasteiger partial charge in [0.25, 0.3) is 0 Å². The van der Waals surface area contributed by atoms with Gasteiger partial charge in [0, 0.05) is 11.3 Å². The first-order chi connectivity index (χ1) is 10.3. The summed E-state index contributed by atoms with van der Waals surface area (Å²) in [6.07, 6.45) is 8.79. The van der Waals surface area contributed by atoms with E-state index >= 15 is 0 Å². The smallest absolute Gasteiger partial charge is 0.183 e. The molecule has 2 N–H and O–H groups in total. The molecule has 0 radical (unpaired) electrons. The first-order valence-corrected chi connectivity index (χ1v) is 8.39. The minimum atomic E-state index is 0.392. The van der Waals surface area contributed by atoms with Crippen molar-refractivity contribution in [2.45, 2.75) is 51.0 Å². The van der Waals surface area contributed by atoms with Crippen LogP contribution in [0, 0.1) is 0 Å². The van der Waals surface area contributed by atoms with Crippen LogP contribution in [0.2, 0.25) is 0 Å². The quantitative estimate of drug-likeness (QED) is 0.832. The van der Waals surface area contributed by atoms with Crippen molar-refractivity contribution < 1.29 is 0 Å². The van der Waals surface area contributed by atoms with Crippen LogP contribution in [-0.4, -0.2) is 20.2 Å². The molecule has 21 heavy (non-hydrogen) atoms. The van der Waals surface area contributed by atoms with Gasteiger partial charge in [0.2, 0.25) is 0 Å². The average Bonchev–Trinajstić information content (AvgIpc) is 2.90. The van der Waals surface area contributed by atoms with Crippen LogP contribution in [0.3, 0.4) is 0 Å². The number of hydrogen-bond acceptors (Lipinski definition) is 4. The van der Waals surface area contributed by atoms with E-state index in [4.69, 9.17) is 5.73 Å². The first kappa shape index (κ1) is 14.5. The third-order valence-electron chi connectivity index (χ3n) is 4.18. The van der Waals surface area contributed by atoms with Crippen LogP contribution in [0.4, 0.5) is 5.69 Å². The summed E-state index contributed by atoms with van der Waals surface area (Å²) in [5.41, 5.74) is 7.64. The van der Waals surface area contributed by atoms with Crippen molar-refractivity contribution in [2.75, 3.05) is 5.73 Å². The lowest BCUT2D eigenvalue weighted by molar-refractivity contribution is 0.345. The fourth-order valence-electron chi connectivity index (χ4n) is 3.02. The maximum Gasteiger partial charge on any atom is 0.183 e. The molecule has 0 aliphatic heterocycles. The second-order valence-corrected chi connectivity index (χ2v) is 6.45. The second kappa shape index (κ2) is 6.56. The molecule has 0 atom stereocenters. The van der Waals surface area contributed by atoms with Gasteiger partial charge in [0.1, 0.15) is 0 Å². The highest BCUT2D eigenvalue weighted by Gasteiger charge is 2.21. The van der Waals surface area contributed by atoms with Crippen molar-refractivity contribution in [1.82, 2.24) is 20.2 Å². The number of anilines is 1. The van der Waals surface area contributed by atoms with Gasteiger partial charge < -0.3 is 5.73 Å². The zero-order valence-corrected chi connectivity index (χ0v) is 13.6. The summed E-state index contributed by atoms with van der Waals surface area (Å²) in [5, 5.41) is 12.4. The van der Waals surface area contributed by atoms with E-state index in [1.807, 2.05) is 22.9 Å². The monoisotopic (exact) mass is 349 g/mol. The minimum Gasteiger partial charge on any atom is -0.398 e. The number of nitrogens with two attached hydrogens (primary N) is 1. The minimum absolute atomic E-state index is 0.392. The molecular weight excluding hydrogens is 330 g/mol. The van der Waals surface area contributed by atoms with Gasteiger partial charge in [-0.15, -0.1) is 5.10 Å². The van der Waals surface area contributed by atoms with E-state index in [0.717, 1.165) is 28.7 Å². The largest absolute Gasteiger partial charge is 0.398 e. The predicted octanol–water partition coefficient (Wildman–Crippen LogP) is 3.97. The first-order valence-electron chi connectivity index (χ1n) is 7.59. The SMILES string of the molecule is Nc1cccc(-c2nnnn2C2CCCCCCC2)c1Br. The molecule has 1 aliphatic carbocycles. The molecule has 0 spiro atoms. The number of halogens is 1. The van der Waals surface area contributed by atoms with Crippen LogP contribution >= 0.6 is 15.9 Å². The van der Waals surface area contributed by atoms with Gasteiger partial charge in [-0.3, -0.25) is 0 Å². The summed E-state index contributed by atoms with van der Waals surface area (Å²) in [7, 11) is 0. The Balaban J connectivity index is 1.94. The zero-order valence-electron chi connectivity index (χ0n) is 12.0. The lowest BCUT2D eigenvalue weighted by Gasteiger charge is -2.21. The summed E-state index contributed by atoms with van der Waals surface area (Å²) >= 11 is 3.55. The molecule has 1 aromatic carbocycles. The van der Waals surface area contributed by atoms with Gasteiger partial charge in [-0.05, 0) is 51.3 Å². The van der Waals surface area contributed by atoms with Gasteiger partial charge in [-0.25, -0.2) is 4.68 Å². The highest BCUT2D eigenvalue weighted by Crippen LogP contribution is 2.34. The molecule has 6 heteroatoms. The summed E-state index contributed by atoms with van der Waals surface area (Å²) in [6.45, 7) is 0. The molecule has 1 aromatic heterocycles. The lowest BCUT2D eigenvalue weighted by atomic mass is 9.96. The third-order valence-corrected chi connectivity index (χ3v) is 5.07. The fraction of sp³-hybridized carbons (Fsp3) is 0.533. The van der Waals surface area contributed by atoms with Gasteiger partial charge >= 0.3 is 0 Å². The van der Waals surface area contributed by atoms with Crippen molar-refractivity contribution in [1.29, 1.82) is 0 Å². The topological polar surface area (TPSA) is 69.6 Å². The second-order valence-electron chi connectivity index (χ2n) is 5.65. The highest BCUT2D eigenvalue weighted by atomic mass is 79.9. The number of benzene rings is 1. The number of nitrogen functional groups attached to an aromatic ring is 1. The van der Waals surface area contributed by atoms with Crippen LogP contribution in [0.1, 0.15) is 51.0 Å². The maximum absolute atomic E-state index is 5.98. The van der Waals surface area contributed by atoms with E-state index in [0.29, 0.717) is 11.7 Å². The van der Waals surface area contributed by atoms with Crippen molar-refractivity contribution in [3.8, 4) is 11.4 Å². The van der Waals surface area contributed by atoms with Crippen molar-refractivity contribution in [3.05, 3.63) is 22.7 Å². The summed E-state index contributed by atoms with van der Waals surface area (Å²) in [4.78, 5) is 0. The Morgan fingerprint density at radius 2 is 1.81 bits per heavy atom. The Morgan fingerprint density at radius 3 is 2.57 bits per heavy atom. The summed E-state index contributed by atoms with van der Waals surface area (Å²) in [5.74, 6) is 0.805. The van der Waals surface area contributed by atoms with Gasteiger partial charge in [-0.2, -0.15) is 0 Å².